The number of allylic oxidation sites excluding steroid dienone is 1. The summed E-state index contributed by atoms with van der Waals surface area (Å²) in [4.78, 5) is 44.1. The Hall–Kier alpha value is -3.21. The smallest absolute Gasteiger partial charge is 0.241 e. The Morgan fingerprint density at radius 3 is 2.26 bits per heavy atom. The first-order valence-electron chi connectivity index (χ1n) is 12.5. The number of rotatable bonds is 6. The number of unbranched alkanes of at least 4 members (excludes halogenated alkanes) is 1. The van der Waals surface area contributed by atoms with Crippen LogP contribution in [0.4, 0.5) is 5.69 Å². The maximum atomic E-state index is 13.8. The van der Waals surface area contributed by atoms with Crippen LogP contribution in [0.25, 0.3) is 0 Å². The Balaban J connectivity index is 1.59. The van der Waals surface area contributed by atoms with Crippen molar-refractivity contribution in [3.05, 3.63) is 77.5 Å². The van der Waals surface area contributed by atoms with Gasteiger partial charge in [0.15, 0.2) is 0 Å². The predicted octanol–water partition coefficient (Wildman–Crippen LogP) is 5.64. The molecule has 2 aromatic rings. The van der Waals surface area contributed by atoms with Gasteiger partial charge in [0.2, 0.25) is 17.7 Å². The van der Waals surface area contributed by atoms with Crippen molar-refractivity contribution in [2.45, 2.75) is 58.4 Å². The fraction of sp³-hybridized carbons (Fsp3) is 0.414. The molecule has 2 aliphatic heterocycles. The zero-order valence-corrected chi connectivity index (χ0v) is 19.9. The quantitative estimate of drug-likeness (QED) is 0.529. The molecule has 5 nitrogen and oxygen atoms in total. The van der Waals surface area contributed by atoms with E-state index in [1.807, 2.05) is 65.6 Å². The third-order valence-electron chi connectivity index (χ3n) is 7.84. The first-order valence-corrected chi connectivity index (χ1v) is 12.5. The van der Waals surface area contributed by atoms with Gasteiger partial charge in [-0.15, -0.1) is 0 Å². The number of anilines is 1. The molecule has 2 aromatic carbocycles. The lowest BCUT2D eigenvalue weighted by atomic mass is 9.67. The lowest BCUT2D eigenvalue weighted by Crippen LogP contribution is -2.44. The number of fused-ring (bicyclic) bond motifs is 2. The van der Waals surface area contributed by atoms with Crippen molar-refractivity contribution in [1.82, 2.24) is 4.90 Å². The van der Waals surface area contributed by atoms with Gasteiger partial charge in [-0.05, 0) is 55.4 Å². The van der Waals surface area contributed by atoms with E-state index in [2.05, 4.69) is 13.8 Å². The molecule has 1 saturated heterocycles. The second-order valence-electron chi connectivity index (χ2n) is 9.78. The Labute approximate surface area is 201 Å². The fourth-order valence-electron chi connectivity index (χ4n) is 6.19. The molecule has 0 N–H and O–H groups in total. The minimum atomic E-state index is -0.461. The van der Waals surface area contributed by atoms with Crippen LogP contribution in [0, 0.1) is 17.8 Å². The summed E-state index contributed by atoms with van der Waals surface area (Å²) in [5.74, 6) is -0.827. The normalized spacial score (nSPS) is 25.5. The van der Waals surface area contributed by atoms with E-state index in [0.717, 1.165) is 36.1 Å². The zero-order valence-electron chi connectivity index (χ0n) is 19.9. The van der Waals surface area contributed by atoms with Crippen LogP contribution < -0.4 is 4.90 Å². The molecule has 1 fully saturated rings. The Bertz CT molecular complexity index is 1120. The summed E-state index contributed by atoms with van der Waals surface area (Å²) < 4.78 is 0. The Kier molecular flexibility index (Phi) is 6.11. The zero-order chi connectivity index (χ0) is 23.8. The van der Waals surface area contributed by atoms with Gasteiger partial charge < -0.3 is 4.90 Å². The van der Waals surface area contributed by atoms with Crippen LogP contribution in [0.15, 0.2) is 71.9 Å². The topological polar surface area (TPSA) is 57.7 Å². The predicted molar refractivity (Wildman–Crippen MR) is 132 cm³/mol. The minimum absolute atomic E-state index is 0.0604. The van der Waals surface area contributed by atoms with Gasteiger partial charge in [0.25, 0.3) is 0 Å². The number of amides is 3. The average Bonchev–Trinajstić information content (AvgIpc) is 3.13. The monoisotopic (exact) mass is 456 g/mol. The van der Waals surface area contributed by atoms with Crippen LogP contribution in [-0.2, 0) is 14.4 Å². The summed E-state index contributed by atoms with van der Waals surface area (Å²) in [6.07, 6.45) is 4.55. The van der Waals surface area contributed by atoms with Crippen LogP contribution in [-0.4, -0.2) is 22.6 Å². The van der Waals surface area contributed by atoms with Crippen molar-refractivity contribution in [2.75, 3.05) is 4.90 Å². The van der Waals surface area contributed by atoms with E-state index in [0.29, 0.717) is 24.9 Å². The lowest BCUT2D eigenvalue weighted by molar-refractivity contribution is -0.133. The molecule has 1 aliphatic carbocycles. The second-order valence-corrected chi connectivity index (χ2v) is 9.78. The number of hydrogen-bond acceptors (Lipinski definition) is 3. The van der Waals surface area contributed by atoms with E-state index in [-0.39, 0.29) is 35.6 Å². The van der Waals surface area contributed by atoms with Crippen LogP contribution in [0.2, 0.25) is 0 Å². The van der Waals surface area contributed by atoms with Gasteiger partial charge in [0.05, 0.1) is 23.6 Å². The van der Waals surface area contributed by atoms with E-state index in [1.54, 1.807) is 0 Å². The van der Waals surface area contributed by atoms with Crippen LogP contribution in [0.5, 0.6) is 0 Å². The number of carbonyl (C=O) groups excluding carboxylic acids is 3. The van der Waals surface area contributed by atoms with E-state index in [1.165, 1.54) is 4.90 Å². The molecule has 0 aromatic heterocycles. The molecule has 4 atom stereocenters. The third kappa shape index (κ3) is 3.67. The van der Waals surface area contributed by atoms with E-state index in [9.17, 15) is 14.4 Å². The summed E-state index contributed by atoms with van der Waals surface area (Å²) in [6.45, 7) is 4.21. The van der Waals surface area contributed by atoms with Crippen molar-refractivity contribution in [3.8, 4) is 0 Å². The summed E-state index contributed by atoms with van der Waals surface area (Å²) in [7, 11) is 0. The molecule has 0 unspecified atom stereocenters. The molecule has 3 amide bonds. The maximum Gasteiger partial charge on any atom is 0.241 e. The van der Waals surface area contributed by atoms with E-state index in [4.69, 9.17) is 0 Å². The average molecular weight is 457 g/mol. The molecule has 0 spiro atoms. The summed E-state index contributed by atoms with van der Waals surface area (Å²) in [5.41, 5.74) is 3.73. The standard InChI is InChI=1S/C29H32N2O3/c1-3-4-11-21-18-24-23(16-17-25(32)30(24)19(2)20-12-7-5-8-13-20)27-26(21)28(33)31(29(27)34)22-14-9-6-10-15-22/h5-10,12-15,19,21,26-27H,3-4,11,16-18H2,1-2H3/t19-,21-,26-,27+/m1/s1. The van der Waals surface area contributed by atoms with Crippen LogP contribution >= 0.6 is 0 Å². The maximum absolute atomic E-state index is 13.8. The molecule has 3 aliphatic rings. The van der Waals surface area contributed by atoms with Crippen LogP contribution in [0.3, 0.4) is 0 Å². The largest absolute Gasteiger partial charge is 0.309 e. The van der Waals surface area contributed by atoms with Gasteiger partial charge in [0, 0.05) is 12.1 Å². The molecule has 5 heteroatoms. The Morgan fingerprint density at radius 2 is 1.59 bits per heavy atom. The molecule has 0 saturated carbocycles. The van der Waals surface area contributed by atoms with E-state index < -0.39 is 5.92 Å². The summed E-state index contributed by atoms with van der Waals surface area (Å²) >= 11 is 0. The first kappa shape index (κ1) is 22.6. The van der Waals surface area contributed by atoms with Crippen molar-refractivity contribution in [1.29, 1.82) is 0 Å². The van der Waals surface area contributed by atoms with Gasteiger partial charge in [0.1, 0.15) is 0 Å². The number of imide groups is 1. The van der Waals surface area contributed by atoms with Gasteiger partial charge in [-0.1, -0.05) is 68.3 Å². The summed E-state index contributed by atoms with van der Waals surface area (Å²) in [5, 5.41) is 0. The lowest BCUT2D eigenvalue weighted by Gasteiger charge is -2.44. The molecule has 0 bridgehead atoms. The highest BCUT2D eigenvalue weighted by molar-refractivity contribution is 6.23. The SMILES string of the molecule is CCCC[C@@H]1CC2=C(CCC(=O)N2[C@H](C)c2ccccc2)[C@@H]2C(=O)N(c3ccccc3)C(=O)[C@H]12. The van der Waals surface area contributed by atoms with Crippen molar-refractivity contribution >= 4 is 23.4 Å². The highest BCUT2D eigenvalue weighted by Crippen LogP contribution is 2.52. The molecule has 5 rings (SSSR count). The van der Waals surface area contributed by atoms with Crippen molar-refractivity contribution in [3.63, 3.8) is 0 Å². The molecule has 176 valence electrons. The molecule has 2 heterocycles. The second kappa shape index (κ2) is 9.21. The number of para-hydroxylation sites is 1. The van der Waals surface area contributed by atoms with Crippen molar-refractivity contribution in [2.24, 2.45) is 17.8 Å². The van der Waals surface area contributed by atoms with E-state index >= 15 is 0 Å². The number of carbonyl (C=O) groups is 3. The number of nitrogens with zero attached hydrogens (tertiary/aromatic N) is 2. The van der Waals surface area contributed by atoms with Gasteiger partial charge in [-0.2, -0.15) is 0 Å². The van der Waals surface area contributed by atoms with Gasteiger partial charge >= 0.3 is 0 Å². The van der Waals surface area contributed by atoms with Gasteiger partial charge in [-0.25, -0.2) is 4.90 Å². The minimum Gasteiger partial charge on any atom is -0.309 e. The molecule has 0 radical (unpaired) electrons. The fourth-order valence-corrected chi connectivity index (χ4v) is 6.19. The highest BCUT2D eigenvalue weighted by Gasteiger charge is 2.56. The third-order valence-corrected chi connectivity index (χ3v) is 7.84. The molecular weight excluding hydrogens is 424 g/mol. The summed E-state index contributed by atoms with van der Waals surface area (Å²) in [6, 6.07) is 19.2. The highest BCUT2D eigenvalue weighted by atomic mass is 16.2. The number of benzene rings is 2. The molecular formula is C29H32N2O3. The Morgan fingerprint density at radius 1 is 0.912 bits per heavy atom. The first-order chi connectivity index (χ1) is 16.5. The van der Waals surface area contributed by atoms with Gasteiger partial charge in [-0.3, -0.25) is 14.4 Å². The number of hydrogen-bond donors (Lipinski definition) is 0. The van der Waals surface area contributed by atoms with Crippen LogP contribution in [0.1, 0.15) is 64.0 Å². The van der Waals surface area contributed by atoms with Crippen molar-refractivity contribution < 1.29 is 14.4 Å². The molecule has 34 heavy (non-hydrogen) atoms.